The summed E-state index contributed by atoms with van der Waals surface area (Å²) in [5, 5.41) is 8.27. The zero-order chi connectivity index (χ0) is 26.2. The van der Waals surface area contributed by atoms with Crippen molar-refractivity contribution in [3.8, 4) is 17.3 Å². The fraction of sp³-hybridized carbons (Fsp3) is 0.370. The van der Waals surface area contributed by atoms with Crippen LogP contribution in [-0.2, 0) is 24.2 Å². The second-order valence-electron chi connectivity index (χ2n) is 9.91. The number of hydrogen-bond donors (Lipinski definition) is 2. The monoisotopic (exact) mass is 522 g/mol. The SMILES string of the molecule is CN1CCC(OC(=O)N2Cc3nc(-c4n[nH]c5ccc(OCCc6cc(F)cc(F)c6)cc45)[nH]c3C2)CC1. The van der Waals surface area contributed by atoms with Gasteiger partial charge in [0, 0.05) is 31.0 Å². The summed E-state index contributed by atoms with van der Waals surface area (Å²) < 4.78 is 38.4. The summed E-state index contributed by atoms with van der Waals surface area (Å²) in [6.45, 7) is 2.92. The van der Waals surface area contributed by atoms with Gasteiger partial charge in [-0.05, 0) is 55.8 Å². The van der Waals surface area contributed by atoms with E-state index in [4.69, 9.17) is 14.5 Å². The molecule has 1 saturated heterocycles. The van der Waals surface area contributed by atoms with E-state index in [9.17, 15) is 13.6 Å². The Labute approximate surface area is 217 Å². The predicted octanol–water partition coefficient (Wildman–Crippen LogP) is 4.40. The Kier molecular flexibility index (Phi) is 6.44. The lowest BCUT2D eigenvalue weighted by molar-refractivity contribution is 0.0319. The van der Waals surface area contributed by atoms with Crippen molar-refractivity contribution < 1.29 is 23.0 Å². The fourth-order valence-corrected chi connectivity index (χ4v) is 5.00. The van der Waals surface area contributed by atoms with Crippen LogP contribution in [0.3, 0.4) is 0 Å². The van der Waals surface area contributed by atoms with Gasteiger partial charge in [0.25, 0.3) is 0 Å². The Morgan fingerprint density at radius 3 is 2.66 bits per heavy atom. The number of rotatable bonds is 6. The van der Waals surface area contributed by atoms with Gasteiger partial charge in [-0.15, -0.1) is 0 Å². The van der Waals surface area contributed by atoms with E-state index >= 15 is 0 Å². The van der Waals surface area contributed by atoms with Crippen LogP contribution in [0.1, 0.15) is 29.8 Å². The van der Waals surface area contributed by atoms with Gasteiger partial charge in [0.15, 0.2) is 5.82 Å². The van der Waals surface area contributed by atoms with Crippen LogP contribution in [0.5, 0.6) is 5.75 Å². The molecule has 0 saturated carbocycles. The van der Waals surface area contributed by atoms with Crippen molar-refractivity contribution in [3.05, 3.63) is 65.0 Å². The minimum atomic E-state index is -0.605. The molecular formula is C27H28F2N6O3. The van der Waals surface area contributed by atoms with E-state index in [-0.39, 0.29) is 18.8 Å². The highest BCUT2D eigenvalue weighted by molar-refractivity contribution is 5.92. The Morgan fingerprint density at radius 1 is 1.11 bits per heavy atom. The van der Waals surface area contributed by atoms with Crippen molar-refractivity contribution in [1.29, 1.82) is 0 Å². The zero-order valence-electron chi connectivity index (χ0n) is 21.0. The number of nitrogens with zero attached hydrogens (tertiary/aromatic N) is 4. The van der Waals surface area contributed by atoms with Gasteiger partial charge in [-0.3, -0.25) is 10.00 Å². The number of benzene rings is 2. The third-order valence-corrected chi connectivity index (χ3v) is 7.09. The predicted molar refractivity (Wildman–Crippen MR) is 135 cm³/mol. The first kappa shape index (κ1) is 24.4. The molecule has 2 aliphatic heterocycles. The molecule has 0 atom stereocenters. The van der Waals surface area contributed by atoms with Gasteiger partial charge in [-0.1, -0.05) is 0 Å². The Morgan fingerprint density at radius 2 is 1.89 bits per heavy atom. The molecule has 1 amide bonds. The number of carbonyl (C=O) groups excluding carboxylic acids is 1. The normalized spacial score (nSPS) is 16.2. The number of carbonyl (C=O) groups is 1. The van der Waals surface area contributed by atoms with Crippen molar-refractivity contribution in [2.24, 2.45) is 0 Å². The van der Waals surface area contributed by atoms with Gasteiger partial charge in [0.2, 0.25) is 0 Å². The summed E-state index contributed by atoms with van der Waals surface area (Å²) >= 11 is 0. The average molecular weight is 523 g/mol. The molecule has 0 unspecified atom stereocenters. The molecule has 4 heterocycles. The summed E-state index contributed by atoms with van der Waals surface area (Å²) in [4.78, 5) is 24.6. The Bertz CT molecular complexity index is 1430. The van der Waals surface area contributed by atoms with Crippen molar-refractivity contribution in [1.82, 2.24) is 30.0 Å². The number of hydrogen-bond acceptors (Lipinski definition) is 6. The molecule has 38 heavy (non-hydrogen) atoms. The second kappa shape index (κ2) is 10.1. The number of amides is 1. The molecule has 4 aromatic rings. The fourth-order valence-electron chi connectivity index (χ4n) is 5.00. The van der Waals surface area contributed by atoms with E-state index in [0.717, 1.165) is 54.3 Å². The highest BCUT2D eigenvalue weighted by atomic mass is 19.1. The van der Waals surface area contributed by atoms with Crippen molar-refractivity contribution in [3.63, 3.8) is 0 Å². The van der Waals surface area contributed by atoms with Crippen molar-refractivity contribution >= 4 is 17.0 Å². The van der Waals surface area contributed by atoms with Crippen LogP contribution in [0.25, 0.3) is 22.4 Å². The van der Waals surface area contributed by atoms with E-state index in [0.29, 0.717) is 42.3 Å². The largest absolute Gasteiger partial charge is 0.493 e. The first-order chi connectivity index (χ1) is 18.4. The van der Waals surface area contributed by atoms with Crippen LogP contribution in [0.4, 0.5) is 13.6 Å². The van der Waals surface area contributed by atoms with Crippen LogP contribution >= 0.6 is 0 Å². The van der Waals surface area contributed by atoms with Gasteiger partial charge in [0.1, 0.15) is 29.2 Å². The van der Waals surface area contributed by atoms with Gasteiger partial charge in [0.05, 0.1) is 36.6 Å². The average Bonchev–Trinajstić information content (AvgIpc) is 3.58. The van der Waals surface area contributed by atoms with Gasteiger partial charge >= 0.3 is 6.09 Å². The molecule has 0 spiro atoms. The lowest BCUT2D eigenvalue weighted by Gasteiger charge is -2.29. The van der Waals surface area contributed by atoms with Crippen molar-refractivity contribution in [2.75, 3.05) is 26.7 Å². The number of fused-ring (bicyclic) bond motifs is 2. The van der Waals surface area contributed by atoms with Gasteiger partial charge < -0.3 is 19.4 Å². The standard InChI is InChI=1S/C27H28F2N6O3/c1-34-7-4-19(5-8-34)38-27(36)35-14-23-24(15-35)31-26(30-23)25-21-13-20(2-3-22(21)32-33-25)37-9-6-16-10-17(28)12-18(29)11-16/h2-3,10-13,19H,4-9,14-15H2,1H3,(H,30,31)(H,32,33). The summed E-state index contributed by atoms with van der Waals surface area (Å²) in [5.74, 6) is 0.00931. The number of aromatic amines is 2. The van der Waals surface area contributed by atoms with Crippen molar-refractivity contribution in [2.45, 2.75) is 38.5 Å². The van der Waals surface area contributed by atoms with Crippen LogP contribution in [0, 0.1) is 11.6 Å². The summed E-state index contributed by atoms with van der Waals surface area (Å²) in [6, 6.07) is 8.99. The molecule has 2 aromatic carbocycles. The zero-order valence-corrected chi connectivity index (χ0v) is 21.0. The molecule has 2 aromatic heterocycles. The number of ether oxygens (including phenoxy) is 2. The molecule has 0 aliphatic carbocycles. The van der Waals surface area contributed by atoms with Crippen LogP contribution in [0.2, 0.25) is 0 Å². The molecule has 6 rings (SSSR count). The number of aromatic nitrogens is 4. The molecular weight excluding hydrogens is 494 g/mol. The lowest BCUT2D eigenvalue weighted by Crippen LogP contribution is -2.38. The first-order valence-electron chi connectivity index (χ1n) is 12.7. The summed E-state index contributed by atoms with van der Waals surface area (Å²) in [5.41, 5.74) is 3.66. The Balaban J connectivity index is 1.10. The Hall–Kier alpha value is -3.99. The van der Waals surface area contributed by atoms with E-state index in [1.54, 1.807) is 4.90 Å². The highest BCUT2D eigenvalue weighted by Crippen LogP contribution is 2.31. The number of halogens is 2. The molecule has 0 radical (unpaired) electrons. The third-order valence-electron chi connectivity index (χ3n) is 7.09. The van der Waals surface area contributed by atoms with E-state index in [1.807, 2.05) is 18.2 Å². The molecule has 2 N–H and O–H groups in total. The molecule has 1 fully saturated rings. The topological polar surface area (TPSA) is 99.4 Å². The maximum Gasteiger partial charge on any atom is 0.410 e. The number of nitrogens with one attached hydrogen (secondary N) is 2. The van der Waals surface area contributed by atoms with E-state index in [1.165, 1.54) is 12.1 Å². The molecule has 0 bridgehead atoms. The highest BCUT2D eigenvalue weighted by Gasteiger charge is 2.31. The number of imidazole rings is 1. The van der Waals surface area contributed by atoms with E-state index < -0.39 is 11.6 Å². The second-order valence-corrected chi connectivity index (χ2v) is 9.91. The minimum Gasteiger partial charge on any atom is -0.493 e. The number of piperidine rings is 1. The maximum atomic E-state index is 13.4. The van der Waals surface area contributed by atoms with E-state index in [2.05, 4.69) is 27.1 Å². The first-order valence-corrected chi connectivity index (χ1v) is 12.7. The van der Waals surface area contributed by atoms with Crippen LogP contribution < -0.4 is 4.74 Å². The van der Waals surface area contributed by atoms with Gasteiger partial charge in [-0.25, -0.2) is 18.6 Å². The molecule has 198 valence electrons. The maximum absolute atomic E-state index is 13.4. The van der Waals surface area contributed by atoms with Crippen LogP contribution in [0.15, 0.2) is 36.4 Å². The lowest BCUT2D eigenvalue weighted by atomic mass is 10.1. The number of likely N-dealkylation sites (tertiary alicyclic amines) is 1. The molecule has 2 aliphatic rings. The molecule has 11 heteroatoms. The summed E-state index contributed by atoms with van der Waals surface area (Å²) in [7, 11) is 2.07. The number of H-pyrrole nitrogens is 2. The minimum absolute atomic E-state index is 0.0389. The van der Waals surface area contributed by atoms with Crippen LogP contribution in [-0.4, -0.2) is 68.9 Å². The third kappa shape index (κ3) is 5.06. The van der Waals surface area contributed by atoms with Gasteiger partial charge in [-0.2, -0.15) is 5.10 Å². The molecule has 9 nitrogen and oxygen atoms in total. The quantitative estimate of drug-likeness (QED) is 0.390. The smallest absolute Gasteiger partial charge is 0.410 e. The summed E-state index contributed by atoms with van der Waals surface area (Å²) in [6.07, 6.45) is 1.73.